The van der Waals surface area contributed by atoms with E-state index in [9.17, 15) is 9.59 Å². The Kier molecular flexibility index (Phi) is 7.14. The van der Waals surface area contributed by atoms with Crippen molar-refractivity contribution >= 4 is 11.7 Å². The molecule has 0 aliphatic rings. The quantitative estimate of drug-likeness (QED) is 0.552. The first kappa shape index (κ1) is 19.4. The van der Waals surface area contributed by atoms with Crippen molar-refractivity contribution in [2.24, 2.45) is 0 Å². The van der Waals surface area contributed by atoms with Gasteiger partial charge in [0, 0.05) is 17.7 Å². The number of Topliss-reactive ketones (excluding diaryl/α,β-unsaturated/α-hetero) is 1. The molecule has 1 aromatic carbocycles. The summed E-state index contributed by atoms with van der Waals surface area (Å²) >= 11 is 0. The third kappa shape index (κ3) is 5.88. The van der Waals surface area contributed by atoms with Crippen molar-refractivity contribution in [1.82, 2.24) is 10.3 Å². The minimum Gasteiger partial charge on any atom is -0.493 e. The van der Waals surface area contributed by atoms with E-state index in [0.717, 1.165) is 11.4 Å². The zero-order chi connectivity index (χ0) is 18.9. The average molecular weight is 356 g/mol. The monoisotopic (exact) mass is 356 g/mol. The summed E-state index contributed by atoms with van der Waals surface area (Å²) in [5, 5.41) is 2.85. The number of aryl methyl sites for hydroxylation is 1. The standard InChI is InChI=1S/C20H24N2O4/c1-14-6-4-7-17(22-14)13-21-20(24)8-5-11-26-18-10-9-16(15(2)23)12-19(18)25-3/h4,6-7,9-10,12H,5,8,11,13H2,1-3H3,(H,21,24). The van der Waals surface area contributed by atoms with Gasteiger partial charge in [-0.05, 0) is 50.6 Å². The van der Waals surface area contributed by atoms with E-state index in [4.69, 9.17) is 9.47 Å². The molecule has 0 unspecified atom stereocenters. The van der Waals surface area contributed by atoms with Crippen molar-refractivity contribution < 1.29 is 19.1 Å². The van der Waals surface area contributed by atoms with Crippen LogP contribution in [-0.2, 0) is 11.3 Å². The van der Waals surface area contributed by atoms with Crippen LogP contribution < -0.4 is 14.8 Å². The maximum Gasteiger partial charge on any atom is 0.220 e. The molecule has 0 atom stereocenters. The molecule has 0 aliphatic carbocycles. The molecular weight excluding hydrogens is 332 g/mol. The lowest BCUT2D eigenvalue weighted by Gasteiger charge is -2.11. The number of hydrogen-bond acceptors (Lipinski definition) is 5. The third-order valence-electron chi connectivity index (χ3n) is 3.79. The van der Waals surface area contributed by atoms with Crippen LogP contribution in [0.5, 0.6) is 11.5 Å². The third-order valence-corrected chi connectivity index (χ3v) is 3.79. The van der Waals surface area contributed by atoms with Crippen LogP contribution >= 0.6 is 0 Å². The Morgan fingerprint density at radius 2 is 1.96 bits per heavy atom. The van der Waals surface area contributed by atoms with Gasteiger partial charge in [-0.25, -0.2) is 0 Å². The van der Waals surface area contributed by atoms with Crippen molar-refractivity contribution in [3.05, 3.63) is 53.3 Å². The van der Waals surface area contributed by atoms with Crippen LogP contribution in [0.15, 0.2) is 36.4 Å². The fourth-order valence-electron chi connectivity index (χ4n) is 2.40. The first-order valence-electron chi connectivity index (χ1n) is 8.50. The molecule has 6 heteroatoms. The fraction of sp³-hybridized carbons (Fsp3) is 0.350. The smallest absolute Gasteiger partial charge is 0.220 e. The number of nitrogens with one attached hydrogen (secondary N) is 1. The highest BCUT2D eigenvalue weighted by atomic mass is 16.5. The van der Waals surface area contributed by atoms with Gasteiger partial charge < -0.3 is 14.8 Å². The van der Waals surface area contributed by atoms with Crippen molar-refractivity contribution in [2.45, 2.75) is 33.2 Å². The molecule has 1 aromatic heterocycles. The maximum atomic E-state index is 11.9. The molecule has 0 radical (unpaired) electrons. The molecule has 1 amide bonds. The van der Waals surface area contributed by atoms with Crippen LogP contribution in [0.2, 0.25) is 0 Å². The zero-order valence-electron chi connectivity index (χ0n) is 15.4. The maximum absolute atomic E-state index is 11.9. The number of aromatic nitrogens is 1. The Hall–Kier alpha value is -2.89. The van der Waals surface area contributed by atoms with Crippen molar-refractivity contribution in [3.8, 4) is 11.5 Å². The Morgan fingerprint density at radius 3 is 2.65 bits per heavy atom. The second-order valence-electron chi connectivity index (χ2n) is 5.92. The lowest BCUT2D eigenvalue weighted by atomic mass is 10.1. The minimum absolute atomic E-state index is 0.0328. The van der Waals surface area contributed by atoms with Crippen LogP contribution in [-0.4, -0.2) is 30.4 Å². The Labute approximate surface area is 153 Å². The number of hydrogen-bond donors (Lipinski definition) is 1. The van der Waals surface area contributed by atoms with E-state index in [1.807, 2.05) is 25.1 Å². The lowest BCUT2D eigenvalue weighted by Crippen LogP contribution is -2.23. The largest absolute Gasteiger partial charge is 0.493 e. The van der Waals surface area contributed by atoms with Gasteiger partial charge in [0.1, 0.15) is 0 Å². The average Bonchev–Trinajstić information content (AvgIpc) is 2.63. The number of nitrogens with zero attached hydrogens (tertiary/aromatic N) is 1. The van der Waals surface area contributed by atoms with E-state index in [1.165, 1.54) is 14.0 Å². The number of benzene rings is 1. The number of amides is 1. The van der Waals surface area contributed by atoms with Gasteiger partial charge >= 0.3 is 0 Å². The SMILES string of the molecule is COc1cc(C(C)=O)ccc1OCCCC(=O)NCc1cccc(C)n1. The van der Waals surface area contributed by atoms with E-state index in [2.05, 4.69) is 10.3 Å². The Bertz CT molecular complexity index is 774. The second kappa shape index (κ2) is 9.56. The van der Waals surface area contributed by atoms with Crippen LogP contribution in [0.25, 0.3) is 0 Å². The van der Waals surface area contributed by atoms with Crippen LogP contribution in [0, 0.1) is 6.92 Å². The highest BCUT2D eigenvalue weighted by Crippen LogP contribution is 2.28. The van der Waals surface area contributed by atoms with E-state index in [-0.39, 0.29) is 11.7 Å². The zero-order valence-corrected chi connectivity index (χ0v) is 15.4. The van der Waals surface area contributed by atoms with E-state index in [1.54, 1.807) is 18.2 Å². The summed E-state index contributed by atoms with van der Waals surface area (Å²) in [5.74, 6) is 0.986. The highest BCUT2D eigenvalue weighted by molar-refractivity contribution is 5.94. The summed E-state index contributed by atoms with van der Waals surface area (Å²) in [5.41, 5.74) is 2.33. The van der Waals surface area contributed by atoms with Gasteiger partial charge in [-0.3, -0.25) is 14.6 Å². The highest BCUT2D eigenvalue weighted by Gasteiger charge is 2.09. The Morgan fingerprint density at radius 1 is 1.15 bits per heavy atom. The van der Waals surface area contributed by atoms with Gasteiger partial charge in [0.15, 0.2) is 17.3 Å². The molecule has 6 nitrogen and oxygen atoms in total. The van der Waals surface area contributed by atoms with Gasteiger partial charge in [-0.1, -0.05) is 6.07 Å². The molecule has 26 heavy (non-hydrogen) atoms. The van der Waals surface area contributed by atoms with Crippen molar-refractivity contribution in [3.63, 3.8) is 0 Å². The topological polar surface area (TPSA) is 77.5 Å². The first-order chi connectivity index (χ1) is 12.5. The van der Waals surface area contributed by atoms with Crippen LogP contribution in [0.3, 0.4) is 0 Å². The Balaban J connectivity index is 1.74. The molecule has 0 saturated heterocycles. The molecule has 1 heterocycles. The summed E-state index contributed by atoms with van der Waals surface area (Å²) in [6, 6.07) is 10.8. The van der Waals surface area contributed by atoms with Crippen LogP contribution in [0.1, 0.15) is 41.5 Å². The molecule has 2 aromatic rings. The first-order valence-corrected chi connectivity index (χ1v) is 8.50. The molecule has 0 spiro atoms. The number of carbonyl (C=O) groups is 2. The molecule has 0 fully saturated rings. The summed E-state index contributed by atoms with van der Waals surface area (Å²) in [4.78, 5) is 27.6. The van der Waals surface area contributed by atoms with Gasteiger partial charge in [0.2, 0.25) is 5.91 Å². The number of carbonyl (C=O) groups excluding carboxylic acids is 2. The minimum atomic E-state index is -0.0456. The fourth-order valence-corrected chi connectivity index (χ4v) is 2.40. The van der Waals surface area contributed by atoms with Gasteiger partial charge in [-0.2, -0.15) is 0 Å². The van der Waals surface area contributed by atoms with Gasteiger partial charge in [0.25, 0.3) is 0 Å². The molecule has 1 N–H and O–H groups in total. The molecule has 0 saturated carbocycles. The number of ether oxygens (including phenoxy) is 2. The molecule has 0 bridgehead atoms. The molecule has 2 rings (SSSR count). The van der Waals surface area contributed by atoms with E-state index >= 15 is 0 Å². The van der Waals surface area contributed by atoms with Gasteiger partial charge in [-0.15, -0.1) is 0 Å². The molecular formula is C20H24N2O4. The molecule has 138 valence electrons. The summed E-state index contributed by atoms with van der Waals surface area (Å²) < 4.78 is 10.9. The predicted molar refractivity (Wildman–Crippen MR) is 98.5 cm³/mol. The van der Waals surface area contributed by atoms with E-state index in [0.29, 0.717) is 43.1 Å². The van der Waals surface area contributed by atoms with Gasteiger partial charge in [0.05, 0.1) is 26.0 Å². The number of pyridine rings is 1. The lowest BCUT2D eigenvalue weighted by molar-refractivity contribution is -0.121. The van der Waals surface area contributed by atoms with Crippen molar-refractivity contribution in [2.75, 3.05) is 13.7 Å². The second-order valence-corrected chi connectivity index (χ2v) is 5.92. The van der Waals surface area contributed by atoms with E-state index < -0.39 is 0 Å². The number of methoxy groups -OCH3 is 1. The molecule has 0 aliphatic heterocycles. The number of ketones is 1. The normalized spacial score (nSPS) is 10.3. The number of rotatable bonds is 9. The van der Waals surface area contributed by atoms with Crippen LogP contribution in [0.4, 0.5) is 0 Å². The summed E-state index contributed by atoms with van der Waals surface area (Å²) in [6.07, 6.45) is 0.935. The summed E-state index contributed by atoms with van der Waals surface area (Å²) in [7, 11) is 1.53. The summed E-state index contributed by atoms with van der Waals surface area (Å²) in [6.45, 7) is 4.22. The van der Waals surface area contributed by atoms with Crippen molar-refractivity contribution in [1.29, 1.82) is 0 Å². The predicted octanol–water partition coefficient (Wildman–Crippen LogP) is 3.08.